The summed E-state index contributed by atoms with van der Waals surface area (Å²) in [5.41, 5.74) is 5.19. The SMILES string of the molecule is Nc1ccc(S(=O)(=O)Nc2ncccc2Br)cc1F. The molecule has 0 saturated heterocycles. The zero-order valence-electron chi connectivity index (χ0n) is 9.47. The number of nitrogens with zero attached hydrogens (tertiary/aromatic N) is 1. The Balaban J connectivity index is 2.38. The lowest BCUT2D eigenvalue weighted by Crippen LogP contribution is -2.14. The number of hydrogen-bond donors (Lipinski definition) is 2. The number of rotatable bonds is 3. The highest BCUT2D eigenvalue weighted by Gasteiger charge is 2.17. The molecular formula is C11H9BrFN3O2S. The average Bonchev–Trinajstić information content (AvgIpc) is 2.35. The highest BCUT2D eigenvalue weighted by Crippen LogP contribution is 2.23. The predicted molar refractivity (Wildman–Crippen MR) is 73.6 cm³/mol. The molecule has 1 aromatic carbocycles. The van der Waals surface area contributed by atoms with E-state index in [1.807, 2.05) is 0 Å². The van der Waals surface area contributed by atoms with Crippen LogP contribution in [0.3, 0.4) is 0 Å². The molecule has 0 spiro atoms. The summed E-state index contributed by atoms with van der Waals surface area (Å²) in [7, 11) is -3.91. The van der Waals surface area contributed by atoms with Gasteiger partial charge in [-0.25, -0.2) is 17.8 Å². The van der Waals surface area contributed by atoms with Gasteiger partial charge in [0, 0.05) is 6.20 Å². The zero-order valence-corrected chi connectivity index (χ0v) is 11.9. The number of nitrogens with two attached hydrogens (primary N) is 1. The summed E-state index contributed by atoms with van der Waals surface area (Å²) in [5.74, 6) is -0.664. The van der Waals surface area contributed by atoms with Gasteiger partial charge >= 0.3 is 0 Å². The van der Waals surface area contributed by atoms with Crippen molar-refractivity contribution < 1.29 is 12.8 Å². The largest absolute Gasteiger partial charge is 0.396 e. The van der Waals surface area contributed by atoms with Crippen molar-refractivity contribution in [3.63, 3.8) is 0 Å². The number of nitrogen functional groups attached to an aromatic ring is 1. The van der Waals surface area contributed by atoms with Crippen LogP contribution in [0.1, 0.15) is 0 Å². The summed E-state index contributed by atoms with van der Waals surface area (Å²) in [4.78, 5) is 3.65. The van der Waals surface area contributed by atoms with Gasteiger partial charge in [0.05, 0.1) is 15.1 Å². The van der Waals surface area contributed by atoms with E-state index in [0.717, 1.165) is 6.07 Å². The van der Waals surface area contributed by atoms with Crippen LogP contribution in [0.5, 0.6) is 0 Å². The van der Waals surface area contributed by atoms with Gasteiger partial charge < -0.3 is 5.73 Å². The number of sulfonamides is 1. The first-order valence-electron chi connectivity index (χ1n) is 5.08. The molecule has 1 heterocycles. The molecule has 0 saturated carbocycles. The number of anilines is 2. The van der Waals surface area contributed by atoms with Crippen LogP contribution in [0.25, 0.3) is 0 Å². The first kappa shape index (κ1) is 13.8. The van der Waals surface area contributed by atoms with Crippen molar-refractivity contribution in [2.75, 3.05) is 10.5 Å². The highest BCUT2D eigenvalue weighted by molar-refractivity contribution is 9.10. The van der Waals surface area contributed by atoms with Gasteiger partial charge in [0.25, 0.3) is 10.0 Å². The van der Waals surface area contributed by atoms with Crippen LogP contribution >= 0.6 is 15.9 Å². The summed E-state index contributed by atoms with van der Waals surface area (Å²) in [6.45, 7) is 0. The van der Waals surface area contributed by atoms with E-state index in [9.17, 15) is 12.8 Å². The normalized spacial score (nSPS) is 11.3. The van der Waals surface area contributed by atoms with E-state index >= 15 is 0 Å². The Hall–Kier alpha value is -1.67. The number of halogens is 2. The van der Waals surface area contributed by atoms with Gasteiger partial charge in [-0.05, 0) is 46.3 Å². The van der Waals surface area contributed by atoms with Crippen LogP contribution in [0.15, 0.2) is 45.9 Å². The molecule has 0 atom stereocenters. The summed E-state index contributed by atoms with van der Waals surface area (Å²) in [6, 6.07) is 6.54. The molecule has 0 radical (unpaired) electrons. The van der Waals surface area contributed by atoms with Gasteiger partial charge in [0.1, 0.15) is 5.82 Å². The minimum absolute atomic E-state index is 0.113. The quantitative estimate of drug-likeness (QED) is 0.836. The van der Waals surface area contributed by atoms with E-state index < -0.39 is 15.8 Å². The molecular weight excluding hydrogens is 337 g/mol. The molecule has 0 amide bonds. The second-order valence-corrected chi connectivity index (χ2v) is 6.16. The van der Waals surface area contributed by atoms with E-state index in [2.05, 4.69) is 25.6 Å². The first-order chi connectivity index (χ1) is 8.90. The molecule has 100 valence electrons. The molecule has 19 heavy (non-hydrogen) atoms. The van der Waals surface area contributed by atoms with Crippen LogP contribution in [0.2, 0.25) is 0 Å². The molecule has 0 bridgehead atoms. The molecule has 3 N–H and O–H groups in total. The van der Waals surface area contributed by atoms with Gasteiger partial charge in [0.15, 0.2) is 5.82 Å². The molecule has 0 unspecified atom stereocenters. The fourth-order valence-electron chi connectivity index (χ4n) is 1.32. The molecule has 2 aromatic rings. The van der Waals surface area contributed by atoms with E-state index in [-0.39, 0.29) is 16.4 Å². The lowest BCUT2D eigenvalue weighted by Gasteiger charge is -2.09. The fraction of sp³-hybridized carbons (Fsp3) is 0. The van der Waals surface area contributed by atoms with Crippen molar-refractivity contribution in [3.8, 4) is 0 Å². The second-order valence-electron chi connectivity index (χ2n) is 3.62. The summed E-state index contributed by atoms with van der Waals surface area (Å²) >= 11 is 3.16. The third kappa shape index (κ3) is 3.02. The number of aromatic nitrogens is 1. The number of hydrogen-bond acceptors (Lipinski definition) is 4. The summed E-state index contributed by atoms with van der Waals surface area (Å²) < 4.78 is 40.1. The maximum atomic E-state index is 13.3. The van der Waals surface area contributed by atoms with E-state index in [1.165, 1.54) is 18.3 Å². The molecule has 8 heteroatoms. The van der Waals surface area contributed by atoms with Crippen molar-refractivity contribution >= 4 is 37.5 Å². The molecule has 0 aliphatic heterocycles. The van der Waals surface area contributed by atoms with Gasteiger partial charge in [-0.2, -0.15) is 0 Å². The maximum Gasteiger partial charge on any atom is 0.263 e. The van der Waals surface area contributed by atoms with Gasteiger partial charge in [-0.3, -0.25) is 4.72 Å². The smallest absolute Gasteiger partial charge is 0.263 e. The van der Waals surface area contributed by atoms with Gasteiger partial charge in [-0.15, -0.1) is 0 Å². The molecule has 2 rings (SSSR count). The van der Waals surface area contributed by atoms with Crippen LogP contribution in [0, 0.1) is 5.82 Å². The van der Waals surface area contributed by atoms with Crippen molar-refractivity contribution in [1.82, 2.24) is 4.98 Å². The molecule has 5 nitrogen and oxygen atoms in total. The van der Waals surface area contributed by atoms with Crippen molar-refractivity contribution in [2.24, 2.45) is 0 Å². The summed E-state index contributed by atoms with van der Waals surface area (Å²) in [6.07, 6.45) is 1.44. The number of pyridine rings is 1. The average molecular weight is 346 g/mol. The zero-order chi connectivity index (χ0) is 14.0. The second kappa shape index (κ2) is 5.14. The van der Waals surface area contributed by atoms with Crippen LogP contribution in [0.4, 0.5) is 15.9 Å². The van der Waals surface area contributed by atoms with E-state index in [1.54, 1.807) is 12.1 Å². The third-order valence-electron chi connectivity index (χ3n) is 2.27. The standard InChI is InChI=1S/C11H9BrFN3O2S/c12-8-2-1-5-15-11(8)16-19(17,18)7-3-4-10(14)9(13)6-7/h1-6H,14H2,(H,15,16). The van der Waals surface area contributed by atoms with Crippen molar-refractivity contribution in [1.29, 1.82) is 0 Å². The topological polar surface area (TPSA) is 85.1 Å². The molecule has 0 aliphatic carbocycles. The van der Waals surface area contributed by atoms with Crippen molar-refractivity contribution in [2.45, 2.75) is 4.90 Å². The van der Waals surface area contributed by atoms with Crippen LogP contribution in [-0.2, 0) is 10.0 Å². The van der Waals surface area contributed by atoms with Gasteiger partial charge in [0.2, 0.25) is 0 Å². The van der Waals surface area contributed by atoms with Crippen LogP contribution in [-0.4, -0.2) is 13.4 Å². The lowest BCUT2D eigenvalue weighted by atomic mass is 10.3. The Bertz CT molecular complexity index is 722. The third-order valence-corrected chi connectivity index (χ3v) is 4.25. The predicted octanol–water partition coefficient (Wildman–Crippen LogP) is 2.37. The van der Waals surface area contributed by atoms with Crippen molar-refractivity contribution in [3.05, 3.63) is 46.8 Å². The Labute approximate surface area is 117 Å². The Morgan fingerprint density at radius 1 is 1.32 bits per heavy atom. The number of nitrogens with one attached hydrogen (secondary N) is 1. The summed E-state index contributed by atoms with van der Waals surface area (Å²) in [5, 5.41) is 0. The van der Waals surface area contributed by atoms with Crippen LogP contribution < -0.4 is 10.5 Å². The molecule has 0 fully saturated rings. The van der Waals surface area contributed by atoms with E-state index in [4.69, 9.17) is 5.73 Å². The lowest BCUT2D eigenvalue weighted by molar-refractivity contribution is 0.596. The van der Waals surface area contributed by atoms with E-state index in [0.29, 0.717) is 4.47 Å². The number of benzene rings is 1. The first-order valence-corrected chi connectivity index (χ1v) is 7.36. The molecule has 1 aromatic heterocycles. The minimum atomic E-state index is -3.91. The Morgan fingerprint density at radius 2 is 2.05 bits per heavy atom. The highest BCUT2D eigenvalue weighted by atomic mass is 79.9. The molecule has 0 aliphatic rings. The Kier molecular flexibility index (Phi) is 3.72. The fourth-order valence-corrected chi connectivity index (χ4v) is 2.85. The Morgan fingerprint density at radius 3 is 2.68 bits per heavy atom. The maximum absolute atomic E-state index is 13.3. The minimum Gasteiger partial charge on any atom is -0.396 e. The monoisotopic (exact) mass is 345 g/mol. The van der Waals surface area contributed by atoms with Gasteiger partial charge in [-0.1, -0.05) is 0 Å².